The van der Waals surface area contributed by atoms with Gasteiger partial charge < -0.3 is 0 Å². The zero-order chi connectivity index (χ0) is 8.60. The quantitative estimate of drug-likeness (QED) is 0.604. The van der Waals surface area contributed by atoms with Gasteiger partial charge in [0.2, 0.25) is 0 Å². The first-order valence-corrected chi connectivity index (χ1v) is 4.88. The summed E-state index contributed by atoms with van der Waals surface area (Å²) in [5, 5.41) is 3.26. The number of nitrogens with zero attached hydrogens (tertiary/aromatic N) is 1. The molecule has 1 aliphatic heterocycles. The van der Waals surface area contributed by atoms with Crippen LogP contribution in [0.25, 0.3) is 0 Å². The SMILES string of the molecule is CC1(C)C=CSc2ncccc21. The number of aromatic nitrogens is 1. The lowest BCUT2D eigenvalue weighted by Crippen LogP contribution is -2.17. The first-order valence-electron chi connectivity index (χ1n) is 4.00. The normalized spacial score (nSPS) is 18.8. The van der Waals surface area contributed by atoms with Crippen molar-refractivity contribution in [2.75, 3.05) is 0 Å². The lowest BCUT2D eigenvalue weighted by Gasteiger charge is -2.25. The average Bonchev–Trinajstić information content (AvgIpc) is 2.04. The maximum Gasteiger partial charge on any atom is 0.104 e. The Morgan fingerprint density at radius 1 is 1.42 bits per heavy atom. The average molecular weight is 177 g/mol. The third kappa shape index (κ3) is 1.16. The summed E-state index contributed by atoms with van der Waals surface area (Å²) in [6.45, 7) is 4.42. The zero-order valence-corrected chi connectivity index (χ0v) is 8.06. The molecule has 1 aromatic rings. The van der Waals surface area contributed by atoms with Crippen LogP contribution in [-0.2, 0) is 5.41 Å². The van der Waals surface area contributed by atoms with Gasteiger partial charge in [0.15, 0.2) is 0 Å². The Bertz CT molecular complexity index is 328. The van der Waals surface area contributed by atoms with Crippen LogP contribution < -0.4 is 0 Å². The molecule has 2 heteroatoms. The number of pyridine rings is 1. The summed E-state index contributed by atoms with van der Waals surface area (Å²) in [6.07, 6.45) is 4.07. The van der Waals surface area contributed by atoms with E-state index in [1.807, 2.05) is 12.3 Å². The molecule has 0 unspecified atom stereocenters. The number of fused-ring (bicyclic) bond motifs is 1. The van der Waals surface area contributed by atoms with Crippen LogP contribution in [0.5, 0.6) is 0 Å². The Hall–Kier alpha value is -0.760. The van der Waals surface area contributed by atoms with E-state index in [1.165, 1.54) is 5.56 Å². The Morgan fingerprint density at radius 3 is 3.00 bits per heavy atom. The molecule has 0 amide bonds. The number of hydrogen-bond donors (Lipinski definition) is 0. The van der Waals surface area contributed by atoms with Gasteiger partial charge in [-0.3, -0.25) is 0 Å². The van der Waals surface area contributed by atoms with Crippen LogP contribution in [0.15, 0.2) is 34.8 Å². The standard InChI is InChI=1S/C10H11NS/c1-10(2)5-7-12-9-8(10)4-3-6-11-9/h3-7H,1-2H3. The first kappa shape index (κ1) is 7.87. The van der Waals surface area contributed by atoms with Crippen LogP contribution in [0.4, 0.5) is 0 Å². The van der Waals surface area contributed by atoms with Gasteiger partial charge in [0.05, 0.1) is 0 Å². The molecule has 0 fully saturated rings. The molecule has 0 N–H and O–H groups in total. The maximum atomic E-state index is 4.33. The highest BCUT2D eigenvalue weighted by molar-refractivity contribution is 8.02. The third-order valence-electron chi connectivity index (χ3n) is 2.13. The minimum Gasteiger partial charge on any atom is -0.249 e. The summed E-state index contributed by atoms with van der Waals surface area (Å²) in [7, 11) is 0. The van der Waals surface area contributed by atoms with E-state index < -0.39 is 0 Å². The monoisotopic (exact) mass is 177 g/mol. The van der Waals surface area contributed by atoms with E-state index in [-0.39, 0.29) is 5.41 Å². The van der Waals surface area contributed by atoms with E-state index in [9.17, 15) is 0 Å². The van der Waals surface area contributed by atoms with Crippen LogP contribution >= 0.6 is 11.8 Å². The van der Waals surface area contributed by atoms with E-state index >= 15 is 0 Å². The van der Waals surface area contributed by atoms with Gasteiger partial charge in [0, 0.05) is 11.6 Å². The van der Waals surface area contributed by atoms with Crippen molar-refractivity contribution < 1.29 is 0 Å². The molecule has 0 spiro atoms. The lowest BCUT2D eigenvalue weighted by molar-refractivity contribution is 0.643. The summed E-state index contributed by atoms with van der Waals surface area (Å²) in [5.74, 6) is 0. The predicted molar refractivity (Wildman–Crippen MR) is 52.3 cm³/mol. The van der Waals surface area contributed by atoms with Crippen LogP contribution in [-0.4, -0.2) is 4.98 Å². The van der Waals surface area contributed by atoms with Crippen molar-refractivity contribution in [3.05, 3.63) is 35.4 Å². The Morgan fingerprint density at radius 2 is 2.25 bits per heavy atom. The topological polar surface area (TPSA) is 12.9 Å². The zero-order valence-electron chi connectivity index (χ0n) is 7.24. The molecule has 0 atom stereocenters. The largest absolute Gasteiger partial charge is 0.249 e. The summed E-state index contributed by atoms with van der Waals surface area (Å²) in [4.78, 5) is 4.33. The summed E-state index contributed by atoms with van der Waals surface area (Å²) >= 11 is 1.70. The fourth-order valence-corrected chi connectivity index (χ4v) is 2.45. The van der Waals surface area contributed by atoms with Crippen molar-refractivity contribution >= 4 is 11.8 Å². The van der Waals surface area contributed by atoms with Gasteiger partial charge in [-0.2, -0.15) is 0 Å². The van der Waals surface area contributed by atoms with Gasteiger partial charge in [-0.15, -0.1) is 0 Å². The lowest BCUT2D eigenvalue weighted by atomic mass is 9.86. The van der Waals surface area contributed by atoms with Gasteiger partial charge in [-0.25, -0.2) is 4.98 Å². The number of rotatable bonds is 0. The smallest absolute Gasteiger partial charge is 0.104 e. The predicted octanol–water partition coefficient (Wildman–Crippen LogP) is 2.98. The summed E-state index contributed by atoms with van der Waals surface area (Å²) in [5.41, 5.74) is 1.48. The Labute approximate surface area is 76.9 Å². The van der Waals surface area contributed by atoms with Gasteiger partial charge >= 0.3 is 0 Å². The van der Waals surface area contributed by atoms with Crippen molar-refractivity contribution in [2.45, 2.75) is 24.3 Å². The second-order valence-corrected chi connectivity index (χ2v) is 4.39. The van der Waals surface area contributed by atoms with Gasteiger partial charge in [-0.05, 0) is 17.0 Å². The molecule has 0 saturated carbocycles. The van der Waals surface area contributed by atoms with Gasteiger partial charge in [-0.1, -0.05) is 37.8 Å². The molecule has 1 aliphatic rings. The van der Waals surface area contributed by atoms with Crippen LogP contribution in [0.2, 0.25) is 0 Å². The second-order valence-electron chi connectivity index (χ2n) is 3.50. The molecule has 0 aliphatic carbocycles. The number of thioether (sulfide) groups is 1. The molecule has 2 rings (SSSR count). The fraction of sp³-hybridized carbons (Fsp3) is 0.300. The Kier molecular flexibility index (Phi) is 1.72. The molecule has 1 aromatic heterocycles. The molecular formula is C10H11NS. The fourth-order valence-electron chi connectivity index (χ4n) is 1.33. The maximum absolute atomic E-state index is 4.33. The molecule has 0 radical (unpaired) electrons. The van der Waals surface area contributed by atoms with Crippen molar-refractivity contribution in [1.82, 2.24) is 4.98 Å². The minimum atomic E-state index is 0.148. The van der Waals surface area contributed by atoms with E-state index in [0.29, 0.717) is 0 Å². The van der Waals surface area contributed by atoms with Gasteiger partial charge in [0.25, 0.3) is 0 Å². The first-order chi connectivity index (χ1) is 5.70. The van der Waals surface area contributed by atoms with Crippen LogP contribution in [0.3, 0.4) is 0 Å². The van der Waals surface area contributed by atoms with E-state index in [2.05, 4.69) is 36.4 Å². The summed E-state index contributed by atoms with van der Waals surface area (Å²) in [6, 6.07) is 4.15. The molecule has 1 nitrogen and oxygen atoms in total. The number of hydrogen-bond acceptors (Lipinski definition) is 2. The number of allylic oxidation sites excluding steroid dienone is 1. The van der Waals surface area contributed by atoms with Crippen molar-refractivity contribution in [2.24, 2.45) is 0 Å². The van der Waals surface area contributed by atoms with Gasteiger partial charge in [0.1, 0.15) is 5.03 Å². The molecule has 0 aromatic carbocycles. The second kappa shape index (κ2) is 2.63. The van der Waals surface area contributed by atoms with E-state index in [1.54, 1.807) is 11.8 Å². The molecule has 0 saturated heterocycles. The minimum absolute atomic E-state index is 0.148. The van der Waals surface area contributed by atoms with E-state index in [0.717, 1.165) is 5.03 Å². The van der Waals surface area contributed by atoms with Crippen LogP contribution in [0, 0.1) is 0 Å². The Balaban J connectivity index is 2.58. The van der Waals surface area contributed by atoms with Crippen LogP contribution in [0.1, 0.15) is 19.4 Å². The van der Waals surface area contributed by atoms with Crippen molar-refractivity contribution in [1.29, 1.82) is 0 Å². The highest BCUT2D eigenvalue weighted by Gasteiger charge is 2.23. The molecular weight excluding hydrogens is 166 g/mol. The molecule has 62 valence electrons. The third-order valence-corrected chi connectivity index (χ3v) is 2.95. The molecule has 0 bridgehead atoms. The van der Waals surface area contributed by atoms with Crippen molar-refractivity contribution in [3.8, 4) is 0 Å². The van der Waals surface area contributed by atoms with Crippen molar-refractivity contribution in [3.63, 3.8) is 0 Å². The summed E-state index contributed by atoms with van der Waals surface area (Å²) < 4.78 is 0. The van der Waals surface area contributed by atoms with E-state index in [4.69, 9.17) is 0 Å². The highest BCUT2D eigenvalue weighted by atomic mass is 32.2. The molecule has 12 heavy (non-hydrogen) atoms. The highest BCUT2D eigenvalue weighted by Crippen LogP contribution is 2.37. The molecule has 2 heterocycles.